The lowest BCUT2D eigenvalue weighted by Crippen LogP contribution is -2.42. The van der Waals surface area contributed by atoms with Crippen molar-refractivity contribution in [1.29, 1.82) is 0 Å². The van der Waals surface area contributed by atoms with Crippen molar-refractivity contribution in [1.82, 2.24) is 10.9 Å². The van der Waals surface area contributed by atoms with Crippen LogP contribution >= 0.6 is 11.6 Å². The van der Waals surface area contributed by atoms with Gasteiger partial charge in [-0.15, -0.1) is 11.6 Å². The summed E-state index contributed by atoms with van der Waals surface area (Å²) in [5.41, 5.74) is 6.98. The Morgan fingerprint density at radius 1 is 1.12 bits per heavy atom. The first-order valence-corrected chi connectivity index (χ1v) is 5.30. The molecule has 1 aromatic carbocycles. The van der Waals surface area contributed by atoms with Gasteiger partial charge in [0.15, 0.2) is 0 Å². The molecule has 0 spiro atoms. The second-order valence-electron chi connectivity index (χ2n) is 3.51. The molecule has 0 radical (unpaired) electrons. The number of nitrogens with one attached hydrogen (secondary N) is 2. The van der Waals surface area contributed by atoms with Gasteiger partial charge in [-0.05, 0) is 26.0 Å². The third-order valence-corrected chi connectivity index (χ3v) is 2.16. The maximum absolute atomic E-state index is 11.6. The zero-order chi connectivity index (χ0) is 12.1. The number of benzene rings is 1. The van der Waals surface area contributed by atoms with E-state index in [-0.39, 0.29) is 11.8 Å². The monoisotopic (exact) mass is 240 g/mol. The maximum Gasteiger partial charge on any atom is 0.269 e. The quantitative estimate of drug-likeness (QED) is 0.605. The van der Waals surface area contributed by atoms with Crippen LogP contribution in [0.15, 0.2) is 18.2 Å². The van der Waals surface area contributed by atoms with E-state index >= 15 is 0 Å². The number of alkyl halides is 1. The number of hydrogen-bond acceptors (Lipinski definition) is 2. The average Bonchev–Trinajstić information content (AvgIpc) is 2.23. The summed E-state index contributed by atoms with van der Waals surface area (Å²) in [6.45, 7) is 3.81. The van der Waals surface area contributed by atoms with Gasteiger partial charge in [0.05, 0.1) is 0 Å². The molecule has 5 heteroatoms. The molecule has 86 valence electrons. The van der Waals surface area contributed by atoms with Gasteiger partial charge in [0.2, 0.25) is 0 Å². The number of carbonyl (C=O) groups is 2. The summed E-state index contributed by atoms with van der Waals surface area (Å²) in [6, 6.07) is 5.46. The topological polar surface area (TPSA) is 58.2 Å². The molecule has 2 amide bonds. The second-order valence-corrected chi connectivity index (χ2v) is 3.78. The zero-order valence-corrected chi connectivity index (χ0v) is 9.89. The SMILES string of the molecule is Cc1cc(C)cc(C(=O)NNC(=O)CCl)c1. The molecule has 0 aliphatic rings. The fourth-order valence-electron chi connectivity index (χ4n) is 1.34. The first kappa shape index (κ1) is 12.5. The predicted molar refractivity (Wildman–Crippen MR) is 62.2 cm³/mol. The van der Waals surface area contributed by atoms with Crippen LogP contribution in [0.4, 0.5) is 0 Å². The highest BCUT2D eigenvalue weighted by molar-refractivity contribution is 6.27. The second kappa shape index (κ2) is 5.51. The Morgan fingerprint density at radius 2 is 1.69 bits per heavy atom. The van der Waals surface area contributed by atoms with E-state index < -0.39 is 5.91 Å². The third-order valence-electron chi connectivity index (χ3n) is 1.92. The Labute approximate surface area is 99.0 Å². The highest BCUT2D eigenvalue weighted by Crippen LogP contribution is 2.08. The molecule has 0 aliphatic heterocycles. The number of hydrazine groups is 1. The molecule has 0 bridgehead atoms. The van der Waals surface area contributed by atoms with Crippen molar-refractivity contribution >= 4 is 23.4 Å². The summed E-state index contributed by atoms with van der Waals surface area (Å²) in [5.74, 6) is -0.989. The van der Waals surface area contributed by atoms with Gasteiger partial charge in [-0.1, -0.05) is 17.2 Å². The molecule has 1 aromatic rings. The summed E-state index contributed by atoms with van der Waals surface area (Å²) < 4.78 is 0. The molecule has 0 saturated carbocycles. The highest BCUT2D eigenvalue weighted by atomic mass is 35.5. The molecular weight excluding hydrogens is 228 g/mol. The molecule has 0 aliphatic carbocycles. The van der Waals surface area contributed by atoms with Gasteiger partial charge in [0.25, 0.3) is 11.8 Å². The minimum Gasteiger partial charge on any atom is -0.272 e. The van der Waals surface area contributed by atoms with Gasteiger partial charge in [-0.3, -0.25) is 20.4 Å². The number of rotatable bonds is 2. The number of carbonyl (C=O) groups excluding carboxylic acids is 2. The molecule has 0 aromatic heterocycles. The molecule has 16 heavy (non-hydrogen) atoms. The summed E-state index contributed by atoms with van der Waals surface area (Å²) >= 11 is 5.27. The van der Waals surface area contributed by atoms with Crippen LogP contribution in [0.25, 0.3) is 0 Å². The van der Waals surface area contributed by atoms with Crippen molar-refractivity contribution in [2.45, 2.75) is 13.8 Å². The summed E-state index contributed by atoms with van der Waals surface area (Å²) in [7, 11) is 0. The number of hydrogen-bond donors (Lipinski definition) is 2. The van der Waals surface area contributed by atoms with E-state index in [2.05, 4.69) is 10.9 Å². The molecule has 1 rings (SSSR count). The molecule has 0 fully saturated rings. The van der Waals surface area contributed by atoms with Crippen molar-refractivity contribution < 1.29 is 9.59 Å². The van der Waals surface area contributed by atoms with Gasteiger partial charge in [-0.25, -0.2) is 0 Å². The summed E-state index contributed by atoms with van der Waals surface area (Å²) in [5, 5.41) is 0. The lowest BCUT2D eigenvalue weighted by molar-refractivity contribution is -0.119. The summed E-state index contributed by atoms with van der Waals surface area (Å²) in [4.78, 5) is 22.4. The lowest BCUT2D eigenvalue weighted by Gasteiger charge is -2.07. The molecule has 0 saturated heterocycles. The number of aryl methyl sites for hydroxylation is 2. The Bertz CT molecular complexity index is 398. The van der Waals surface area contributed by atoms with Crippen molar-refractivity contribution in [3.63, 3.8) is 0 Å². The minimum atomic E-state index is -0.445. The normalized spacial score (nSPS) is 9.69. The lowest BCUT2D eigenvalue weighted by atomic mass is 10.1. The zero-order valence-electron chi connectivity index (χ0n) is 9.13. The molecule has 0 atom stereocenters. The van der Waals surface area contributed by atoms with Gasteiger partial charge >= 0.3 is 0 Å². The largest absolute Gasteiger partial charge is 0.272 e. The third kappa shape index (κ3) is 3.55. The Hall–Kier alpha value is -1.55. The number of amides is 2. The van der Waals surface area contributed by atoms with Crippen molar-refractivity contribution in [2.75, 3.05) is 5.88 Å². The van der Waals surface area contributed by atoms with E-state index in [1.165, 1.54) is 0 Å². The first-order chi connectivity index (χ1) is 7.52. The molecule has 2 N–H and O–H groups in total. The minimum absolute atomic E-state index is 0.187. The summed E-state index contributed by atoms with van der Waals surface area (Å²) in [6.07, 6.45) is 0. The van der Waals surface area contributed by atoms with E-state index in [0.717, 1.165) is 11.1 Å². The van der Waals surface area contributed by atoms with Crippen LogP contribution in [0.5, 0.6) is 0 Å². The first-order valence-electron chi connectivity index (χ1n) is 4.76. The van der Waals surface area contributed by atoms with Gasteiger partial charge in [-0.2, -0.15) is 0 Å². The standard InChI is InChI=1S/C11H13ClN2O2/c1-7-3-8(2)5-9(4-7)11(16)14-13-10(15)6-12/h3-5H,6H2,1-2H3,(H,13,15)(H,14,16). The Kier molecular flexibility index (Phi) is 4.31. The highest BCUT2D eigenvalue weighted by Gasteiger charge is 2.07. The van der Waals surface area contributed by atoms with Crippen LogP contribution in [0.3, 0.4) is 0 Å². The van der Waals surface area contributed by atoms with Crippen molar-refractivity contribution in [3.05, 3.63) is 34.9 Å². The molecule has 4 nitrogen and oxygen atoms in total. The Balaban J connectivity index is 2.69. The van der Waals surface area contributed by atoms with Gasteiger partial charge in [0.1, 0.15) is 5.88 Å². The van der Waals surface area contributed by atoms with Crippen LogP contribution < -0.4 is 10.9 Å². The van der Waals surface area contributed by atoms with E-state index in [9.17, 15) is 9.59 Å². The fourth-order valence-corrected chi connectivity index (χ4v) is 1.40. The van der Waals surface area contributed by atoms with E-state index in [4.69, 9.17) is 11.6 Å². The van der Waals surface area contributed by atoms with Crippen LogP contribution in [-0.2, 0) is 4.79 Å². The van der Waals surface area contributed by atoms with Gasteiger partial charge < -0.3 is 0 Å². The van der Waals surface area contributed by atoms with Crippen LogP contribution in [0.1, 0.15) is 21.5 Å². The average molecular weight is 241 g/mol. The van der Waals surface area contributed by atoms with Crippen LogP contribution in [-0.4, -0.2) is 17.7 Å². The smallest absolute Gasteiger partial charge is 0.269 e. The van der Waals surface area contributed by atoms with Crippen molar-refractivity contribution in [2.24, 2.45) is 0 Å². The number of halogens is 1. The molecule has 0 unspecified atom stereocenters. The van der Waals surface area contributed by atoms with Crippen molar-refractivity contribution in [3.8, 4) is 0 Å². The Morgan fingerprint density at radius 3 is 2.19 bits per heavy atom. The molecular formula is C11H13ClN2O2. The maximum atomic E-state index is 11.6. The molecule has 0 heterocycles. The van der Waals surface area contributed by atoms with E-state index in [0.29, 0.717) is 5.56 Å². The van der Waals surface area contributed by atoms with E-state index in [1.54, 1.807) is 12.1 Å². The van der Waals surface area contributed by atoms with E-state index in [1.807, 2.05) is 19.9 Å². The van der Waals surface area contributed by atoms with Crippen LogP contribution in [0.2, 0.25) is 0 Å². The van der Waals surface area contributed by atoms with Crippen LogP contribution in [0, 0.1) is 13.8 Å². The fraction of sp³-hybridized carbons (Fsp3) is 0.273. The predicted octanol–water partition coefficient (Wildman–Crippen LogP) is 1.30. The van der Waals surface area contributed by atoms with Gasteiger partial charge in [0, 0.05) is 5.56 Å².